The van der Waals surface area contributed by atoms with Gasteiger partial charge in [0.25, 0.3) is 0 Å². The number of aliphatic hydroxyl groups excluding tert-OH is 1. The zero-order chi connectivity index (χ0) is 11.4. The lowest BCUT2D eigenvalue weighted by Crippen LogP contribution is -2.04. The molecule has 0 saturated heterocycles. The summed E-state index contributed by atoms with van der Waals surface area (Å²) in [7, 11) is 1.30. The minimum atomic E-state index is -0.447. The molecule has 2 N–H and O–H groups in total. The second-order valence-electron chi connectivity index (χ2n) is 3.27. The van der Waals surface area contributed by atoms with Crippen molar-refractivity contribution in [3.63, 3.8) is 0 Å². The average Bonchev–Trinajstić information content (AvgIpc) is 2.23. The molecule has 0 aliphatic carbocycles. The van der Waals surface area contributed by atoms with Crippen molar-refractivity contribution >= 4 is 5.97 Å². The minimum Gasteiger partial charge on any atom is -0.507 e. The highest BCUT2D eigenvalue weighted by Gasteiger charge is 2.11. The van der Waals surface area contributed by atoms with E-state index in [4.69, 9.17) is 5.11 Å². The van der Waals surface area contributed by atoms with Crippen molar-refractivity contribution in [2.45, 2.75) is 13.3 Å². The fourth-order valence-electron chi connectivity index (χ4n) is 1.40. The lowest BCUT2D eigenvalue weighted by molar-refractivity contribution is 0.0600. The maximum Gasteiger partial charge on any atom is 0.337 e. The van der Waals surface area contributed by atoms with Crippen LogP contribution in [0.25, 0.3) is 0 Å². The van der Waals surface area contributed by atoms with E-state index in [1.54, 1.807) is 13.0 Å². The summed E-state index contributed by atoms with van der Waals surface area (Å²) < 4.78 is 4.58. The van der Waals surface area contributed by atoms with E-state index in [1.807, 2.05) is 0 Å². The molecule has 4 heteroatoms. The Kier molecular flexibility index (Phi) is 3.68. The van der Waals surface area contributed by atoms with Crippen LogP contribution in [-0.2, 0) is 11.2 Å². The van der Waals surface area contributed by atoms with Gasteiger partial charge in [-0.05, 0) is 36.6 Å². The van der Waals surface area contributed by atoms with Gasteiger partial charge in [0.05, 0.1) is 12.7 Å². The van der Waals surface area contributed by atoms with Crippen LogP contribution in [0.15, 0.2) is 12.1 Å². The number of carbonyl (C=O) groups excluding carboxylic acids is 1. The van der Waals surface area contributed by atoms with Gasteiger partial charge >= 0.3 is 5.97 Å². The molecule has 0 spiro atoms. The molecule has 0 unspecified atom stereocenters. The standard InChI is InChI=1S/C11H14O4/c1-7-5-9(11(14)15-2)6-8(3-4-12)10(7)13/h5-6,12-13H,3-4H2,1-2H3. The Hall–Kier alpha value is -1.55. The van der Waals surface area contributed by atoms with E-state index in [1.165, 1.54) is 13.2 Å². The molecule has 1 aromatic carbocycles. The monoisotopic (exact) mass is 210 g/mol. The second-order valence-corrected chi connectivity index (χ2v) is 3.27. The van der Waals surface area contributed by atoms with Gasteiger partial charge in [-0.3, -0.25) is 0 Å². The normalized spacial score (nSPS) is 10.1. The van der Waals surface area contributed by atoms with Crippen LogP contribution in [-0.4, -0.2) is 29.9 Å². The van der Waals surface area contributed by atoms with Crippen molar-refractivity contribution in [1.82, 2.24) is 0 Å². The zero-order valence-corrected chi connectivity index (χ0v) is 8.78. The molecule has 1 aromatic rings. The second kappa shape index (κ2) is 4.79. The van der Waals surface area contributed by atoms with Gasteiger partial charge in [0.15, 0.2) is 0 Å². The molecular weight excluding hydrogens is 196 g/mol. The van der Waals surface area contributed by atoms with Crippen molar-refractivity contribution in [3.05, 3.63) is 28.8 Å². The first-order chi connectivity index (χ1) is 7.10. The maximum absolute atomic E-state index is 11.3. The number of esters is 1. The van der Waals surface area contributed by atoms with Crippen molar-refractivity contribution in [2.75, 3.05) is 13.7 Å². The molecule has 0 fully saturated rings. The number of benzene rings is 1. The van der Waals surface area contributed by atoms with Crippen LogP contribution in [0.4, 0.5) is 0 Å². The van der Waals surface area contributed by atoms with Gasteiger partial charge in [-0.15, -0.1) is 0 Å². The van der Waals surface area contributed by atoms with Crippen molar-refractivity contribution in [1.29, 1.82) is 0 Å². The summed E-state index contributed by atoms with van der Waals surface area (Å²) in [6, 6.07) is 3.09. The number of hydrogen-bond acceptors (Lipinski definition) is 4. The molecule has 0 heterocycles. The number of aryl methyl sites for hydroxylation is 1. The Morgan fingerprint density at radius 2 is 2.13 bits per heavy atom. The molecule has 0 amide bonds. The molecule has 4 nitrogen and oxygen atoms in total. The molecule has 0 aliphatic rings. The van der Waals surface area contributed by atoms with Crippen molar-refractivity contribution in [2.24, 2.45) is 0 Å². The molecule has 0 aromatic heterocycles. The third-order valence-corrected chi connectivity index (χ3v) is 2.18. The molecule has 82 valence electrons. The number of phenolic OH excluding ortho intramolecular Hbond substituents is 1. The summed E-state index contributed by atoms with van der Waals surface area (Å²) in [6.07, 6.45) is 0.317. The Morgan fingerprint density at radius 1 is 1.47 bits per heavy atom. The van der Waals surface area contributed by atoms with Crippen LogP contribution in [0.1, 0.15) is 21.5 Å². The van der Waals surface area contributed by atoms with Crippen LogP contribution in [0.2, 0.25) is 0 Å². The molecule has 0 saturated carbocycles. The van der Waals surface area contributed by atoms with E-state index < -0.39 is 5.97 Å². The van der Waals surface area contributed by atoms with Gasteiger partial charge in [-0.2, -0.15) is 0 Å². The highest BCUT2D eigenvalue weighted by Crippen LogP contribution is 2.24. The first-order valence-electron chi connectivity index (χ1n) is 4.61. The van der Waals surface area contributed by atoms with E-state index in [9.17, 15) is 9.90 Å². The fraction of sp³-hybridized carbons (Fsp3) is 0.364. The van der Waals surface area contributed by atoms with Gasteiger partial charge in [-0.25, -0.2) is 4.79 Å². The molecule has 0 radical (unpaired) electrons. The summed E-state index contributed by atoms with van der Waals surface area (Å²) in [5, 5.41) is 18.4. The highest BCUT2D eigenvalue weighted by molar-refractivity contribution is 5.90. The quantitative estimate of drug-likeness (QED) is 0.731. The minimum absolute atomic E-state index is 0.0718. The summed E-state index contributed by atoms with van der Waals surface area (Å²) in [5.41, 5.74) is 1.54. The van der Waals surface area contributed by atoms with E-state index in [0.29, 0.717) is 23.1 Å². The largest absolute Gasteiger partial charge is 0.507 e. The lowest BCUT2D eigenvalue weighted by atomic mass is 10.0. The number of carbonyl (C=O) groups is 1. The van der Waals surface area contributed by atoms with Gasteiger partial charge in [0, 0.05) is 6.61 Å². The number of methoxy groups -OCH3 is 1. The summed E-state index contributed by atoms with van der Waals surface area (Å²) in [6.45, 7) is 1.63. The van der Waals surface area contributed by atoms with Crippen LogP contribution in [0.3, 0.4) is 0 Å². The fourth-order valence-corrected chi connectivity index (χ4v) is 1.40. The number of aromatic hydroxyl groups is 1. The molecule has 0 atom stereocenters. The number of aliphatic hydroxyl groups is 1. The Labute approximate surface area is 88.1 Å². The topological polar surface area (TPSA) is 66.8 Å². The van der Waals surface area contributed by atoms with E-state index >= 15 is 0 Å². The van der Waals surface area contributed by atoms with Crippen LogP contribution in [0.5, 0.6) is 5.75 Å². The van der Waals surface area contributed by atoms with Gasteiger partial charge in [0.1, 0.15) is 5.75 Å². The SMILES string of the molecule is COC(=O)c1cc(C)c(O)c(CCO)c1. The van der Waals surface area contributed by atoms with Crippen LogP contribution < -0.4 is 0 Å². The molecule has 1 rings (SSSR count). The summed E-state index contributed by atoms with van der Waals surface area (Å²) in [5.74, 6) is -0.325. The molecule has 0 bridgehead atoms. The molecule has 15 heavy (non-hydrogen) atoms. The van der Waals surface area contributed by atoms with E-state index in [2.05, 4.69) is 4.74 Å². The van der Waals surface area contributed by atoms with E-state index in [-0.39, 0.29) is 12.4 Å². The van der Waals surface area contributed by atoms with Crippen molar-refractivity contribution < 1.29 is 19.7 Å². The summed E-state index contributed by atoms with van der Waals surface area (Å²) in [4.78, 5) is 11.3. The molecular formula is C11H14O4. The van der Waals surface area contributed by atoms with Gasteiger partial charge in [-0.1, -0.05) is 0 Å². The number of hydrogen-bond donors (Lipinski definition) is 2. The first-order valence-corrected chi connectivity index (χ1v) is 4.61. The van der Waals surface area contributed by atoms with Gasteiger partial charge in [0.2, 0.25) is 0 Å². The number of ether oxygens (including phenoxy) is 1. The Morgan fingerprint density at radius 3 is 2.67 bits per heavy atom. The van der Waals surface area contributed by atoms with Crippen LogP contribution in [0, 0.1) is 6.92 Å². The van der Waals surface area contributed by atoms with E-state index in [0.717, 1.165) is 0 Å². The van der Waals surface area contributed by atoms with Gasteiger partial charge < -0.3 is 14.9 Å². The number of phenols is 1. The zero-order valence-electron chi connectivity index (χ0n) is 8.78. The molecule has 0 aliphatic heterocycles. The summed E-state index contributed by atoms with van der Waals surface area (Å²) >= 11 is 0. The van der Waals surface area contributed by atoms with Crippen LogP contribution >= 0.6 is 0 Å². The lowest BCUT2D eigenvalue weighted by Gasteiger charge is -2.08. The first kappa shape index (κ1) is 11.5. The van der Waals surface area contributed by atoms with Crippen molar-refractivity contribution in [3.8, 4) is 5.75 Å². The predicted octanol–water partition coefficient (Wildman–Crippen LogP) is 1.02. The Bertz CT molecular complexity index is 371. The third kappa shape index (κ3) is 2.47. The highest BCUT2D eigenvalue weighted by atomic mass is 16.5. The maximum atomic E-state index is 11.3. The Balaban J connectivity index is 3.16. The number of rotatable bonds is 3. The average molecular weight is 210 g/mol. The third-order valence-electron chi connectivity index (χ3n) is 2.18. The predicted molar refractivity (Wildman–Crippen MR) is 55.0 cm³/mol. The smallest absolute Gasteiger partial charge is 0.337 e.